The highest BCUT2D eigenvalue weighted by molar-refractivity contribution is 7.09. The van der Waals surface area contributed by atoms with Gasteiger partial charge in [-0.2, -0.15) is 0 Å². The molecule has 4 heteroatoms. The van der Waals surface area contributed by atoms with E-state index in [2.05, 4.69) is 18.0 Å². The highest BCUT2D eigenvalue weighted by Gasteiger charge is 2.18. The van der Waals surface area contributed by atoms with Crippen LogP contribution >= 0.6 is 11.3 Å². The normalized spacial score (nSPS) is 17.8. The Morgan fingerprint density at radius 3 is 3.15 bits per heavy atom. The van der Waals surface area contributed by atoms with Gasteiger partial charge in [-0.15, -0.1) is 11.3 Å². The lowest BCUT2D eigenvalue weighted by molar-refractivity contribution is 0.156. The average Bonchev–Trinajstić information content (AvgIpc) is 2.94. The lowest BCUT2D eigenvalue weighted by Gasteiger charge is -2.21. The Kier molecular flexibility index (Phi) is 4.03. The second-order valence-corrected chi connectivity index (χ2v) is 6.09. The van der Waals surface area contributed by atoms with E-state index in [9.17, 15) is 5.11 Å². The molecule has 0 saturated heterocycles. The van der Waals surface area contributed by atoms with Gasteiger partial charge in [-0.25, -0.2) is 4.98 Å². The first-order valence-electron chi connectivity index (χ1n) is 7.13. The molecule has 20 heavy (non-hydrogen) atoms. The summed E-state index contributed by atoms with van der Waals surface area (Å²) in [6.45, 7) is 2.60. The van der Waals surface area contributed by atoms with Crippen LogP contribution in [0, 0.1) is 0 Å². The van der Waals surface area contributed by atoms with E-state index in [1.54, 1.807) is 11.3 Å². The molecule has 0 radical (unpaired) electrons. The Morgan fingerprint density at radius 2 is 2.35 bits per heavy atom. The Labute approximate surface area is 123 Å². The number of aliphatic hydroxyl groups is 1. The predicted molar refractivity (Wildman–Crippen MR) is 80.2 cm³/mol. The number of fused-ring (bicyclic) bond motifs is 1. The van der Waals surface area contributed by atoms with E-state index in [-0.39, 0.29) is 6.10 Å². The van der Waals surface area contributed by atoms with Gasteiger partial charge in [0.2, 0.25) is 0 Å². The molecule has 106 valence electrons. The first kappa shape index (κ1) is 13.6. The van der Waals surface area contributed by atoms with Crippen molar-refractivity contribution in [3.8, 4) is 5.75 Å². The van der Waals surface area contributed by atoms with Gasteiger partial charge in [-0.05, 0) is 48.9 Å². The second-order valence-electron chi connectivity index (χ2n) is 5.14. The Morgan fingerprint density at radius 1 is 1.45 bits per heavy atom. The van der Waals surface area contributed by atoms with Gasteiger partial charge in [-0.1, -0.05) is 13.0 Å². The first-order valence-corrected chi connectivity index (χ1v) is 8.01. The summed E-state index contributed by atoms with van der Waals surface area (Å²) in [5.74, 6) is 0.816. The van der Waals surface area contributed by atoms with Crippen molar-refractivity contribution in [2.75, 3.05) is 0 Å². The number of aliphatic hydroxyl groups excluding tert-OH is 1. The van der Waals surface area contributed by atoms with Gasteiger partial charge in [0.1, 0.15) is 12.4 Å². The van der Waals surface area contributed by atoms with Crippen molar-refractivity contribution in [2.24, 2.45) is 0 Å². The van der Waals surface area contributed by atoms with Gasteiger partial charge < -0.3 is 9.84 Å². The number of benzene rings is 1. The highest BCUT2D eigenvalue weighted by Crippen LogP contribution is 2.32. The van der Waals surface area contributed by atoms with E-state index >= 15 is 0 Å². The molecule has 1 atom stereocenters. The highest BCUT2D eigenvalue weighted by atomic mass is 32.1. The fourth-order valence-electron chi connectivity index (χ4n) is 2.58. The van der Waals surface area contributed by atoms with Crippen molar-refractivity contribution >= 4 is 11.3 Å². The molecular weight excluding hydrogens is 270 g/mol. The maximum Gasteiger partial charge on any atom is 0.131 e. The zero-order valence-electron chi connectivity index (χ0n) is 11.6. The molecule has 1 heterocycles. The summed E-state index contributed by atoms with van der Waals surface area (Å²) in [5.41, 5.74) is 3.25. The lowest BCUT2D eigenvalue weighted by atomic mass is 9.89. The van der Waals surface area contributed by atoms with Crippen LogP contribution in [0.15, 0.2) is 23.6 Å². The van der Waals surface area contributed by atoms with Crippen LogP contribution in [-0.2, 0) is 19.4 Å². The molecule has 0 amide bonds. The molecule has 1 aliphatic rings. The van der Waals surface area contributed by atoms with Crippen LogP contribution in [0.5, 0.6) is 5.75 Å². The number of aromatic nitrogens is 1. The lowest BCUT2D eigenvalue weighted by Crippen LogP contribution is -2.09. The van der Waals surface area contributed by atoms with Crippen molar-refractivity contribution in [3.63, 3.8) is 0 Å². The van der Waals surface area contributed by atoms with Crippen molar-refractivity contribution in [3.05, 3.63) is 45.4 Å². The van der Waals surface area contributed by atoms with Crippen LogP contribution in [0.25, 0.3) is 0 Å². The molecule has 1 unspecified atom stereocenters. The third kappa shape index (κ3) is 2.86. The van der Waals surface area contributed by atoms with E-state index in [0.29, 0.717) is 6.61 Å². The van der Waals surface area contributed by atoms with Crippen LogP contribution in [-0.4, -0.2) is 10.1 Å². The van der Waals surface area contributed by atoms with Crippen molar-refractivity contribution in [1.82, 2.24) is 4.98 Å². The minimum Gasteiger partial charge on any atom is -0.487 e. The zero-order valence-corrected chi connectivity index (χ0v) is 12.4. The molecule has 0 spiro atoms. The molecule has 1 N–H and O–H groups in total. The van der Waals surface area contributed by atoms with Crippen LogP contribution in [0.2, 0.25) is 0 Å². The van der Waals surface area contributed by atoms with Gasteiger partial charge in [0.25, 0.3) is 0 Å². The summed E-state index contributed by atoms with van der Waals surface area (Å²) in [6, 6.07) is 6.04. The van der Waals surface area contributed by atoms with E-state index < -0.39 is 0 Å². The van der Waals surface area contributed by atoms with Crippen LogP contribution in [0.1, 0.15) is 47.7 Å². The van der Waals surface area contributed by atoms with E-state index in [4.69, 9.17) is 4.74 Å². The molecule has 0 fully saturated rings. The predicted octanol–water partition coefficient (Wildman–Crippen LogP) is 3.65. The molecule has 3 rings (SSSR count). The van der Waals surface area contributed by atoms with E-state index in [1.807, 2.05) is 17.5 Å². The average molecular weight is 289 g/mol. The van der Waals surface area contributed by atoms with Gasteiger partial charge >= 0.3 is 0 Å². The smallest absolute Gasteiger partial charge is 0.131 e. The largest absolute Gasteiger partial charge is 0.487 e. The SMILES string of the molecule is CCc1nc(COc2ccc3c(c2)C(O)CCC3)cs1. The summed E-state index contributed by atoms with van der Waals surface area (Å²) in [7, 11) is 0. The van der Waals surface area contributed by atoms with Crippen molar-refractivity contribution in [1.29, 1.82) is 0 Å². The second kappa shape index (κ2) is 5.94. The first-order chi connectivity index (χ1) is 9.76. The number of rotatable bonds is 4. The monoisotopic (exact) mass is 289 g/mol. The van der Waals surface area contributed by atoms with Gasteiger partial charge in [-0.3, -0.25) is 0 Å². The minimum absolute atomic E-state index is 0.340. The maximum absolute atomic E-state index is 10.0. The number of nitrogens with zero attached hydrogens (tertiary/aromatic N) is 1. The summed E-state index contributed by atoms with van der Waals surface area (Å²) in [5, 5.41) is 13.2. The summed E-state index contributed by atoms with van der Waals surface area (Å²) in [4.78, 5) is 4.49. The van der Waals surface area contributed by atoms with Crippen LogP contribution in [0.3, 0.4) is 0 Å². The van der Waals surface area contributed by atoms with Gasteiger partial charge in [0.05, 0.1) is 16.8 Å². The fourth-order valence-corrected chi connectivity index (χ4v) is 3.31. The van der Waals surface area contributed by atoms with Gasteiger partial charge in [0.15, 0.2) is 0 Å². The maximum atomic E-state index is 10.0. The van der Waals surface area contributed by atoms with Crippen LogP contribution in [0.4, 0.5) is 0 Å². The third-order valence-corrected chi connectivity index (χ3v) is 4.73. The van der Waals surface area contributed by atoms with Gasteiger partial charge in [0, 0.05) is 5.38 Å². The van der Waals surface area contributed by atoms with E-state index in [1.165, 1.54) is 5.56 Å². The van der Waals surface area contributed by atoms with E-state index in [0.717, 1.165) is 47.7 Å². The summed E-state index contributed by atoms with van der Waals surface area (Å²) >= 11 is 1.68. The van der Waals surface area contributed by atoms with Crippen molar-refractivity contribution in [2.45, 2.75) is 45.3 Å². The molecule has 0 saturated carbocycles. The minimum atomic E-state index is -0.340. The topological polar surface area (TPSA) is 42.4 Å². The molecule has 2 aromatic rings. The molecule has 1 aromatic carbocycles. The Balaban J connectivity index is 1.70. The summed E-state index contributed by atoms with van der Waals surface area (Å²) < 4.78 is 5.80. The zero-order chi connectivity index (χ0) is 13.9. The molecule has 1 aliphatic carbocycles. The summed E-state index contributed by atoms with van der Waals surface area (Å²) in [6.07, 6.45) is 3.59. The quantitative estimate of drug-likeness (QED) is 0.934. The Hall–Kier alpha value is -1.39. The Bertz CT molecular complexity index is 594. The number of hydrogen-bond donors (Lipinski definition) is 1. The van der Waals surface area contributed by atoms with Crippen LogP contribution < -0.4 is 4.74 Å². The molecule has 3 nitrogen and oxygen atoms in total. The molecule has 1 aromatic heterocycles. The number of hydrogen-bond acceptors (Lipinski definition) is 4. The molecule has 0 aliphatic heterocycles. The standard InChI is InChI=1S/C16H19NO2S/c1-2-16-17-12(10-20-16)9-19-13-7-6-11-4-3-5-15(18)14(11)8-13/h6-8,10,15,18H,2-5,9H2,1H3. The molecule has 0 bridgehead atoms. The number of aryl methyl sites for hydroxylation is 2. The number of ether oxygens (including phenoxy) is 1. The third-order valence-electron chi connectivity index (χ3n) is 3.69. The molecular formula is C16H19NO2S. The fraction of sp³-hybridized carbons (Fsp3) is 0.438. The van der Waals surface area contributed by atoms with Crippen molar-refractivity contribution < 1.29 is 9.84 Å². The number of thiazole rings is 1.